The molecule has 0 bridgehead atoms. The fourth-order valence-corrected chi connectivity index (χ4v) is 5.12. The lowest BCUT2D eigenvalue weighted by molar-refractivity contribution is 0.135. The Balaban J connectivity index is 1.42. The van der Waals surface area contributed by atoms with Crippen LogP contribution in [0.5, 0.6) is 0 Å². The van der Waals surface area contributed by atoms with Gasteiger partial charge in [-0.05, 0) is 45.4 Å². The van der Waals surface area contributed by atoms with E-state index in [2.05, 4.69) is 43.1 Å². The molecule has 5 rings (SSSR count). The average molecular weight is 445 g/mol. The lowest BCUT2D eigenvalue weighted by atomic mass is 9.98. The van der Waals surface area contributed by atoms with Crippen LogP contribution in [0, 0.1) is 25.2 Å². The van der Waals surface area contributed by atoms with Gasteiger partial charge in [0.25, 0.3) is 0 Å². The highest BCUT2D eigenvalue weighted by Gasteiger charge is 2.27. The first kappa shape index (κ1) is 20.5. The molecule has 4 aromatic rings. The number of nitriles is 1. The number of hydrogen-bond donors (Lipinski definition) is 1. The van der Waals surface area contributed by atoms with Crippen molar-refractivity contribution in [2.45, 2.75) is 45.7 Å². The minimum absolute atomic E-state index is 0.230. The average Bonchev–Trinajstić information content (AvgIpc) is 3.36. The number of nitrogens with one attached hydrogen (secondary N) is 1. The molecule has 9 heteroatoms. The van der Waals surface area contributed by atoms with E-state index < -0.39 is 0 Å². The Labute approximate surface area is 190 Å². The van der Waals surface area contributed by atoms with Crippen LogP contribution in [-0.4, -0.2) is 35.8 Å². The van der Waals surface area contributed by atoms with Crippen LogP contribution in [0.1, 0.15) is 53.9 Å². The summed E-state index contributed by atoms with van der Waals surface area (Å²) in [5.74, 6) is 1.48. The Kier molecular flexibility index (Phi) is 5.55. The highest BCUT2D eigenvalue weighted by molar-refractivity contribution is 7.15. The van der Waals surface area contributed by atoms with E-state index >= 15 is 0 Å². The van der Waals surface area contributed by atoms with Gasteiger partial charge in [-0.25, -0.2) is 19.9 Å². The molecule has 8 nitrogen and oxygen atoms in total. The maximum absolute atomic E-state index is 8.95. The molecule has 0 radical (unpaired) electrons. The number of likely N-dealkylation sites (tertiary alicyclic amines) is 1. The highest BCUT2D eigenvalue weighted by Crippen LogP contribution is 2.33. The fourth-order valence-electron chi connectivity index (χ4n) is 4.35. The van der Waals surface area contributed by atoms with Crippen LogP contribution in [0.25, 0.3) is 4.96 Å². The Bertz CT molecular complexity index is 1280. The standard InChI is InChI=1S/C23H24N8S/c1-15-21(31-9-10-32-23(31)26-15)14-30-8-4-3-5-20(30)19-11-22(28-16(2)27-19)29-18-7-6-17(12-24)25-13-18/h6-7,9-11,13,20H,3-5,8,14H2,1-2H3,(H,27,28,29)/t20-/m1/s1. The van der Waals surface area contributed by atoms with Crippen LogP contribution in [-0.2, 0) is 6.54 Å². The quantitative estimate of drug-likeness (QED) is 0.483. The van der Waals surface area contributed by atoms with Gasteiger partial charge >= 0.3 is 0 Å². The molecular formula is C23H24N8S. The summed E-state index contributed by atoms with van der Waals surface area (Å²) >= 11 is 1.67. The Hall–Kier alpha value is -3.35. The summed E-state index contributed by atoms with van der Waals surface area (Å²) in [7, 11) is 0. The van der Waals surface area contributed by atoms with Crippen LogP contribution in [0.15, 0.2) is 36.0 Å². The summed E-state index contributed by atoms with van der Waals surface area (Å²) in [6.45, 7) is 5.90. The molecular weight excluding hydrogens is 420 g/mol. The molecule has 1 aliphatic rings. The van der Waals surface area contributed by atoms with Gasteiger partial charge in [-0.1, -0.05) is 6.42 Å². The molecule has 0 aliphatic carbocycles. The van der Waals surface area contributed by atoms with Crippen molar-refractivity contribution < 1.29 is 0 Å². The van der Waals surface area contributed by atoms with Crippen LogP contribution >= 0.6 is 11.3 Å². The number of rotatable bonds is 5. The van der Waals surface area contributed by atoms with E-state index in [0.717, 1.165) is 53.2 Å². The number of aryl methyl sites for hydroxylation is 2. The van der Waals surface area contributed by atoms with Crippen LogP contribution < -0.4 is 5.32 Å². The number of pyridine rings is 1. The predicted octanol–water partition coefficient (Wildman–Crippen LogP) is 4.54. The van der Waals surface area contributed by atoms with Crippen molar-refractivity contribution in [3.05, 3.63) is 64.6 Å². The van der Waals surface area contributed by atoms with Gasteiger partial charge in [0, 0.05) is 24.2 Å². The smallest absolute Gasteiger partial charge is 0.194 e. The largest absolute Gasteiger partial charge is 0.339 e. The molecule has 162 valence electrons. The predicted molar refractivity (Wildman–Crippen MR) is 124 cm³/mol. The van der Waals surface area contributed by atoms with Gasteiger partial charge in [0.2, 0.25) is 0 Å². The molecule has 0 amide bonds. The van der Waals surface area contributed by atoms with E-state index in [1.807, 2.05) is 25.1 Å². The molecule has 1 fully saturated rings. The lowest BCUT2D eigenvalue weighted by Gasteiger charge is -2.35. The maximum Gasteiger partial charge on any atom is 0.194 e. The first-order chi connectivity index (χ1) is 15.6. The van der Waals surface area contributed by atoms with Gasteiger partial charge in [0.15, 0.2) is 4.96 Å². The van der Waals surface area contributed by atoms with Crippen molar-refractivity contribution in [1.82, 2.24) is 29.2 Å². The molecule has 0 aromatic carbocycles. The summed E-state index contributed by atoms with van der Waals surface area (Å²) in [5, 5.41) is 14.3. The summed E-state index contributed by atoms with van der Waals surface area (Å²) in [6, 6.07) is 7.84. The summed E-state index contributed by atoms with van der Waals surface area (Å²) in [5.41, 5.74) is 4.56. The first-order valence-corrected chi connectivity index (χ1v) is 11.6. The van der Waals surface area contributed by atoms with Gasteiger partial charge in [0.05, 0.1) is 35.0 Å². The third-order valence-electron chi connectivity index (χ3n) is 5.88. The number of imidazole rings is 1. The highest BCUT2D eigenvalue weighted by atomic mass is 32.1. The second kappa shape index (κ2) is 8.65. The Morgan fingerprint density at radius 3 is 2.94 bits per heavy atom. The summed E-state index contributed by atoms with van der Waals surface area (Å²) < 4.78 is 2.21. The number of aromatic nitrogens is 5. The van der Waals surface area contributed by atoms with Gasteiger partial charge < -0.3 is 5.32 Å². The lowest BCUT2D eigenvalue weighted by Crippen LogP contribution is -2.34. The zero-order chi connectivity index (χ0) is 22.1. The van der Waals surface area contributed by atoms with Gasteiger partial charge in [-0.2, -0.15) is 5.26 Å². The van der Waals surface area contributed by atoms with Gasteiger partial charge in [0.1, 0.15) is 23.4 Å². The van der Waals surface area contributed by atoms with Crippen molar-refractivity contribution in [2.75, 3.05) is 11.9 Å². The number of thiazole rings is 1. The van der Waals surface area contributed by atoms with Crippen molar-refractivity contribution in [3.8, 4) is 6.07 Å². The third kappa shape index (κ3) is 4.07. The number of piperidine rings is 1. The molecule has 1 N–H and O–H groups in total. The zero-order valence-corrected chi connectivity index (χ0v) is 18.9. The topological polar surface area (TPSA) is 95.0 Å². The van der Waals surface area contributed by atoms with Gasteiger partial charge in [-0.15, -0.1) is 11.3 Å². The van der Waals surface area contributed by atoms with E-state index in [9.17, 15) is 0 Å². The van der Waals surface area contributed by atoms with E-state index in [1.54, 1.807) is 23.6 Å². The molecule has 0 unspecified atom stereocenters. The molecule has 0 spiro atoms. The maximum atomic E-state index is 8.95. The van der Waals surface area contributed by atoms with Crippen molar-refractivity contribution >= 4 is 27.8 Å². The van der Waals surface area contributed by atoms with E-state index in [1.165, 1.54) is 18.5 Å². The molecule has 32 heavy (non-hydrogen) atoms. The fraction of sp³-hybridized carbons (Fsp3) is 0.348. The van der Waals surface area contributed by atoms with Crippen LogP contribution in [0.3, 0.4) is 0 Å². The monoisotopic (exact) mass is 444 g/mol. The van der Waals surface area contributed by atoms with Crippen LogP contribution in [0.4, 0.5) is 11.5 Å². The van der Waals surface area contributed by atoms with E-state index in [0.29, 0.717) is 5.69 Å². The van der Waals surface area contributed by atoms with Gasteiger partial charge in [-0.3, -0.25) is 9.30 Å². The number of nitrogens with zero attached hydrogens (tertiary/aromatic N) is 7. The molecule has 1 atom stereocenters. The molecule has 1 aliphatic heterocycles. The molecule has 0 saturated carbocycles. The van der Waals surface area contributed by atoms with Crippen molar-refractivity contribution in [1.29, 1.82) is 5.26 Å². The normalized spacial score (nSPS) is 16.8. The Morgan fingerprint density at radius 1 is 1.22 bits per heavy atom. The number of fused-ring (bicyclic) bond motifs is 1. The number of hydrogen-bond acceptors (Lipinski definition) is 8. The van der Waals surface area contributed by atoms with Crippen LogP contribution in [0.2, 0.25) is 0 Å². The minimum Gasteiger partial charge on any atom is -0.339 e. The van der Waals surface area contributed by atoms with E-state index in [4.69, 9.17) is 15.2 Å². The minimum atomic E-state index is 0.230. The summed E-state index contributed by atoms with van der Waals surface area (Å²) in [4.78, 5) is 21.8. The second-order valence-corrected chi connectivity index (χ2v) is 8.95. The molecule has 5 heterocycles. The molecule has 4 aromatic heterocycles. The van der Waals surface area contributed by atoms with E-state index in [-0.39, 0.29) is 6.04 Å². The summed E-state index contributed by atoms with van der Waals surface area (Å²) in [6.07, 6.45) is 7.20. The number of anilines is 2. The molecule has 1 saturated heterocycles. The van der Waals surface area contributed by atoms with Crippen molar-refractivity contribution in [2.24, 2.45) is 0 Å². The first-order valence-electron chi connectivity index (χ1n) is 10.7. The third-order valence-corrected chi connectivity index (χ3v) is 6.63. The second-order valence-electron chi connectivity index (χ2n) is 8.08. The zero-order valence-electron chi connectivity index (χ0n) is 18.1. The van der Waals surface area contributed by atoms with Crippen molar-refractivity contribution in [3.63, 3.8) is 0 Å². The Morgan fingerprint density at radius 2 is 2.12 bits per heavy atom. The SMILES string of the molecule is Cc1nc(Nc2ccc(C#N)nc2)cc([C@H]2CCCCN2Cc2c(C)nc3sccn23)n1.